The van der Waals surface area contributed by atoms with Gasteiger partial charge in [-0.25, -0.2) is 13.8 Å². The lowest BCUT2D eigenvalue weighted by Gasteiger charge is -2.22. The molecule has 13 heteroatoms. The third-order valence-corrected chi connectivity index (χ3v) is 5.34. The number of fused-ring (bicyclic) bond motifs is 1. The largest absolute Gasteiger partial charge is 0.400 e. The predicted molar refractivity (Wildman–Crippen MR) is 85.2 cm³/mol. The molecule has 1 N–H and O–H groups in total. The van der Waals surface area contributed by atoms with Crippen molar-refractivity contribution in [3.8, 4) is 0 Å². The van der Waals surface area contributed by atoms with E-state index in [1.807, 2.05) is 5.32 Å². The number of anilines is 1. The fourth-order valence-corrected chi connectivity index (χ4v) is 3.87. The highest BCUT2D eigenvalue weighted by Gasteiger charge is 2.57. The van der Waals surface area contributed by atoms with Crippen LogP contribution in [-0.2, 0) is 4.79 Å². The standard InChI is InChI=1S/C14H10F8N2OS2/c15-10(16)5-26-12-24-7-2-1-6(3-8(7)27-12)23-11(25)4-9(13(17,18)19)14(20,21)22/h1-3,9-10H,4-5H2,(H,23,25). The second-order valence-electron chi connectivity index (χ2n) is 5.25. The van der Waals surface area contributed by atoms with Crippen LogP contribution in [0.1, 0.15) is 6.42 Å². The highest BCUT2D eigenvalue weighted by Crippen LogP contribution is 2.41. The molecular formula is C14H10F8N2OS2. The minimum Gasteiger partial charge on any atom is -0.326 e. The van der Waals surface area contributed by atoms with Crippen molar-refractivity contribution in [1.29, 1.82) is 0 Å². The van der Waals surface area contributed by atoms with Gasteiger partial charge in [0.15, 0.2) is 10.3 Å². The maximum absolute atomic E-state index is 12.5. The van der Waals surface area contributed by atoms with Crippen molar-refractivity contribution < 1.29 is 39.9 Å². The number of nitrogens with zero attached hydrogens (tertiary/aromatic N) is 1. The molecule has 27 heavy (non-hydrogen) atoms. The number of hydrogen-bond acceptors (Lipinski definition) is 4. The summed E-state index contributed by atoms with van der Waals surface area (Å²) in [7, 11) is 0. The molecule has 0 saturated heterocycles. The van der Waals surface area contributed by atoms with Crippen molar-refractivity contribution in [2.24, 2.45) is 5.92 Å². The first-order chi connectivity index (χ1) is 12.4. The highest BCUT2D eigenvalue weighted by molar-refractivity contribution is 8.01. The van der Waals surface area contributed by atoms with Gasteiger partial charge in [-0.3, -0.25) is 4.79 Å². The number of benzene rings is 1. The minimum absolute atomic E-state index is 0.0235. The zero-order valence-electron chi connectivity index (χ0n) is 13.0. The number of hydrogen-bond donors (Lipinski definition) is 1. The Morgan fingerprint density at radius 2 is 1.78 bits per heavy atom. The summed E-state index contributed by atoms with van der Waals surface area (Å²) in [5, 5.41) is 1.98. The van der Waals surface area contributed by atoms with E-state index in [4.69, 9.17) is 0 Å². The summed E-state index contributed by atoms with van der Waals surface area (Å²) in [6.07, 6.45) is -15.5. The Bertz CT molecular complexity index is 788. The van der Waals surface area contributed by atoms with Gasteiger partial charge in [0, 0.05) is 12.1 Å². The van der Waals surface area contributed by atoms with E-state index in [-0.39, 0.29) is 5.69 Å². The Morgan fingerprint density at radius 1 is 1.15 bits per heavy atom. The van der Waals surface area contributed by atoms with E-state index < -0.39 is 42.8 Å². The fourth-order valence-electron chi connectivity index (χ4n) is 1.99. The van der Waals surface area contributed by atoms with Gasteiger partial charge in [-0.05, 0) is 18.2 Å². The molecule has 0 saturated carbocycles. The zero-order valence-corrected chi connectivity index (χ0v) is 14.6. The number of amides is 1. The van der Waals surface area contributed by atoms with Gasteiger partial charge in [-0.2, -0.15) is 26.3 Å². The molecule has 1 aromatic carbocycles. The zero-order chi connectivity index (χ0) is 20.4. The molecule has 0 spiro atoms. The number of nitrogens with one attached hydrogen (secondary N) is 1. The first kappa shape index (κ1) is 21.7. The van der Waals surface area contributed by atoms with Crippen molar-refractivity contribution in [1.82, 2.24) is 4.98 Å². The second kappa shape index (κ2) is 8.17. The van der Waals surface area contributed by atoms with Crippen molar-refractivity contribution in [2.45, 2.75) is 29.5 Å². The molecule has 150 valence electrons. The molecule has 0 aliphatic carbocycles. The topological polar surface area (TPSA) is 42.0 Å². The number of alkyl halides is 8. The van der Waals surface area contributed by atoms with Gasteiger partial charge in [0.2, 0.25) is 12.3 Å². The lowest BCUT2D eigenvalue weighted by atomic mass is 10.0. The van der Waals surface area contributed by atoms with Crippen molar-refractivity contribution in [3.63, 3.8) is 0 Å². The van der Waals surface area contributed by atoms with Gasteiger partial charge in [-0.1, -0.05) is 11.8 Å². The molecule has 1 heterocycles. The molecular weight excluding hydrogens is 428 g/mol. The summed E-state index contributed by atoms with van der Waals surface area (Å²) in [5.41, 5.74) is 0.378. The Kier molecular flexibility index (Phi) is 6.55. The van der Waals surface area contributed by atoms with Crippen molar-refractivity contribution in [3.05, 3.63) is 18.2 Å². The van der Waals surface area contributed by atoms with Crippen LogP contribution in [0.25, 0.3) is 10.2 Å². The second-order valence-corrected chi connectivity index (χ2v) is 7.55. The van der Waals surface area contributed by atoms with E-state index in [1.54, 1.807) is 0 Å². The van der Waals surface area contributed by atoms with Crippen LogP contribution in [-0.4, -0.2) is 35.4 Å². The molecule has 2 aromatic rings. The Hall–Kier alpha value is -1.63. The number of rotatable bonds is 6. The lowest BCUT2D eigenvalue weighted by Crippen LogP contribution is -2.39. The maximum atomic E-state index is 12.5. The molecule has 3 nitrogen and oxygen atoms in total. The third kappa shape index (κ3) is 6.19. The summed E-state index contributed by atoms with van der Waals surface area (Å²) in [5.74, 6) is -5.69. The summed E-state index contributed by atoms with van der Waals surface area (Å²) >= 11 is 1.82. The van der Waals surface area contributed by atoms with E-state index >= 15 is 0 Å². The Labute approximate surface area is 155 Å². The van der Waals surface area contributed by atoms with E-state index in [0.717, 1.165) is 23.1 Å². The van der Waals surface area contributed by atoms with Crippen LogP contribution in [0.3, 0.4) is 0 Å². The summed E-state index contributed by atoms with van der Waals surface area (Å²) in [6.45, 7) is 0. The summed E-state index contributed by atoms with van der Waals surface area (Å²) in [6, 6.07) is 3.92. The van der Waals surface area contributed by atoms with Crippen molar-refractivity contribution in [2.75, 3.05) is 11.1 Å². The minimum atomic E-state index is -5.60. The van der Waals surface area contributed by atoms with Crippen LogP contribution in [0.2, 0.25) is 0 Å². The number of thioether (sulfide) groups is 1. The third-order valence-electron chi connectivity index (χ3n) is 3.17. The maximum Gasteiger partial charge on any atom is 0.400 e. The summed E-state index contributed by atoms with van der Waals surface area (Å²) in [4.78, 5) is 15.7. The van der Waals surface area contributed by atoms with E-state index in [9.17, 15) is 39.9 Å². The van der Waals surface area contributed by atoms with Crippen LogP contribution in [0.15, 0.2) is 22.5 Å². The van der Waals surface area contributed by atoms with Crippen LogP contribution in [0.5, 0.6) is 0 Å². The molecule has 2 rings (SSSR count). The van der Waals surface area contributed by atoms with E-state index in [0.29, 0.717) is 14.6 Å². The first-order valence-corrected chi connectivity index (χ1v) is 8.91. The number of halogens is 8. The molecule has 1 amide bonds. The number of carbonyl (C=O) groups excluding carboxylic acids is 1. The van der Waals surface area contributed by atoms with E-state index in [1.165, 1.54) is 18.2 Å². The molecule has 0 fully saturated rings. The molecule has 0 aliphatic rings. The smallest absolute Gasteiger partial charge is 0.326 e. The Morgan fingerprint density at radius 3 is 2.33 bits per heavy atom. The van der Waals surface area contributed by atoms with Crippen LogP contribution in [0.4, 0.5) is 40.8 Å². The molecule has 0 aliphatic heterocycles. The molecule has 0 unspecified atom stereocenters. The van der Waals surface area contributed by atoms with E-state index in [2.05, 4.69) is 4.98 Å². The Balaban J connectivity index is 2.09. The average Bonchev–Trinajstić information content (AvgIpc) is 2.90. The molecule has 1 aromatic heterocycles. The van der Waals surface area contributed by atoms with Gasteiger partial charge >= 0.3 is 12.4 Å². The molecule has 0 bridgehead atoms. The van der Waals surface area contributed by atoms with Crippen LogP contribution < -0.4 is 5.32 Å². The van der Waals surface area contributed by atoms with Crippen LogP contribution in [0, 0.1) is 5.92 Å². The number of carbonyl (C=O) groups is 1. The van der Waals surface area contributed by atoms with Gasteiger partial charge in [0.25, 0.3) is 0 Å². The highest BCUT2D eigenvalue weighted by atomic mass is 32.2. The fraction of sp³-hybridized carbons (Fsp3) is 0.429. The van der Waals surface area contributed by atoms with Gasteiger partial charge in [-0.15, -0.1) is 11.3 Å². The molecule has 0 atom stereocenters. The average molecular weight is 438 g/mol. The molecule has 0 radical (unpaired) electrons. The first-order valence-electron chi connectivity index (χ1n) is 7.11. The van der Waals surface area contributed by atoms with Crippen molar-refractivity contribution >= 4 is 44.9 Å². The van der Waals surface area contributed by atoms with Gasteiger partial charge in [0.1, 0.15) is 0 Å². The summed E-state index contributed by atoms with van der Waals surface area (Å²) < 4.78 is 100. The predicted octanol–water partition coefficient (Wildman–Crippen LogP) is 5.72. The number of aromatic nitrogens is 1. The van der Waals surface area contributed by atoms with Gasteiger partial charge in [0.05, 0.1) is 16.0 Å². The van der Waals surface area contributed by atoms with Crippen LogP contribution >= 0.6 is 23.1 Å². The quantitative estimate of drug-likeness (QED) is 0.463. The SMILES string of the molecule is O=C(CC(C(F)(F)F)C(F)(F)F)Nc1ccc2nc(SCC(F)F)sc2c1. The normalized spacial score (nSPS) is 13.0. The number of thiazole rings is 1. The monoisotopic (exact) mass is 438 g/mol. The lowest BCUT2D eigenvalue weighted by molar-refractivity contribution is -0.283. The van der Waals surface area contributed by atoms with Gasteiger partial charge < -0.3 is 5.32 Å².